The van der Waals surface area contributed by atoms with Crippen LogP contribution in [0.5, 0.6) is 0 Å². The lowest BCUT2D eigenvalue weighted by Gasteiger charge is -2.06. The lowest BCUT2D eigenvalue weighted by molar-refractivity contribution is 0.0699. The number of hydrogen-bond acceptors (Lipinski definition) is 1. The second-order valence-electron chi connectivity index (χ2n) is 4.73. The van der Waals surface area contributed by atoms with Crippen LogP contribution in [-0.2, 0) is 0 Å². The number of fused-ring (bicyclic) bond motifs is 1. The smallest absolute Gasteiger partial charge is 0.337 e. The summed E-state index contributed by atoms with van der Waals surface area (Å²) in [5.41, 5.74) is 3.59. The fourth-order valence-corrected chi connectivity index (χ4v) is 2.42. The molecule has 2 N–H and O–H groups in total. The van der Waals surface area contributed by atoms with Crippen molar-refractivity contribution in [2.75, 3.05) is 0 Å². The zero-order chi connectivity index (χ0) is 14.3. The second-order valence-corrected chi connectivity index (χ2v) is 4.73. The van der Waals surface area contributed by atoms with Crippen LogP contribution in [0.3, 0.4) is 0 Å². The molecule has 0 radical (unpaired) electrons. The van der Waals surface area contributed by atoms with E-state index in [2.05, 4.69) is 4.98 Å². The summed E-state index contributed by atoms with van der Waals surface area (Å²) in [5, 5.41) is 9.81. The van der Waals surface area contributed by atoms with Crippen molar-refractivity contribution in [2.24, 2.45) is 0 Å². The van der Waals surface area contributed by atoms with Crippen LogP contribution in [0, 0.1) is 12.7 Å². The minimum Gasteiger partial charge on any atom is -0.478 e. The van der Waals surface area contributed by atoms with E-state index < -0.39 is 5.97 Å². The molecule has 1 heterocycles. The van der Waals surface area contributed by atoms with Crippen LogP contribution in [0.2, 0.25) is 0 Å². The molecule has 1 aromatic heterocycles. The maximum Gasteiger partial charge on any atom is 0.337 e. The van der Waals surface area contributed by atoms with E-state index in [0.717, 1.165) is 22.2 Å². The maximum absolute atomic E-state index is 13.2. The molecular weight excluding hydrogens is 257 g/mol. The molecule has 0 atom stereocenters. The van der Waals surface area contributed by atoms with Crippen molar-refractivity contribution in [3.8, 4) is 11.1 Å². The van der Waals surface area contributed by atoms with Gasteiger partial charge in [-0.2, -0.15) is 0 Å². The number of H-pyrrole nitrogens is 1. The summed E-state index contributed by atoms with van der Waals surface area (Å²) in [6, 6.07) is 10.1. The van der Waals surface area contributed by atoms with Gasteiger partial charge in [-0.05, 0) is 47.9 Å². The Morgan fingerprint density at radius 3 is 2.70 bits per heavy atom. The molecular formula is C16H12FNO2. The van der Waals surface area contributed by atoms with Gasteiger partial charge in [-0.15, -0.1) is 0 Å². The molecule has 2 aromatic carbocycles. The van der Waals surface area contributed by atoms with E-state index in [1.54, 1.807) is 6.07 Å². The van der Waals surface area contributed by atoms with Gasteiger partial charge in [0.2, 0.25) is 0 Å². The number of carboxylic acid groups (broad SMARTS) is 1. The Hall–Kier alpha value is -2.62. The van der Waals surface area contributed by atoms with Gasteiger partial charge in [0.05, 0.1) is 5.56 Å². The van der Waals surface area contributed by atoms with Crippen molar-refractivity contribution >= 4 is 16.9 Å². The number of aromatic nitrogens is 1. The average molecular weight is 269 g/mol. The summed E-state index contributed by atoms with van der Waals surface area (Å²) < 4.78 is 13.2. The van der Waals surface area contributed by atoms with Gasteiger partial charge in [-0.25, -0.2) is 9.18 Å². The molecule has 3 nitrogen and oxygen atoms in total. The van der Waals surface area contributed by atoms with Crippen LogP contribution in [0.15, 0.2) is 42.6 Å². The zero-order valence-corrected chi connectivity index (χ0v) is 10.8. The summed E-state index contributed by atoms with van der Waals surface area (Å²) >= 11 is 0. The summed E-state index contributed by atoms with van der Waals surface area (Å²) in [5.74, 6) is -1.25. The standard InChI is InChI=1S/C16H12FNO2/c1-9-6-11(17)3-4-12(9)10-2-5-15-13(7-10)14(8-18-15)16(19)20/h2-8,18H,1H3,(H,19,20). The first-order valence-electron chi connectivity index (χ1n) is 6.17. The molecule has 4 heteroatoms. The number of carboxylic acids is 1. The Bertz CT molecular complexity index is 820. The lowest BCUT2D eigenvalue weighted by Crippen LogP contribution is -1.93. The number of nitrogens with one attached hydrogen (secondary N) is 1. The molecule has 0 saturated carbocycles. The van der Waals surface area contributed by atoms with E-state index in [-0.39, 0.29) is 11.4 Å². The third-order valence-electron chi connectivity index (χ3n) is 3.41. The van der Waals surface area contributed by atoms with Crippen LogP contribution < -0.4 is 0 Å². The van der Waals surface area contributed by atoms with E-state index in [4.69, 9.17) is 5.11 Å². The molecule has 0 unspecified atom stereocenters. The molecule has 3 aromatic rings. The molecule has 0 aliphatic heterocycles. The molecule has 0 spiro atoms. The molecule has 0 bridgehead atoms. The first-order valence-corrected chi connectivity index (χ1v) is 6.17. The lowest BCUT2D eigenvalue weighted by atomic mass is 9.98. The van der Waals surface area contributed by atoms with Gasteiger partial charge in [-0.3, -0.25) is 0 Å². The first-order chi connectivity index (χ1) is 9.56. The largest absolute Gasteiger partial charge is 0.478 e. The fraction of sp³-hybridized carbons (Fsp3) is 0.0625. The van der Waals surface area contributed by atoms with Crippen LogP contribution >= 0.6 is 0 Å². The highest BCUT2D eigenvalue weighted by atomic mass is 19.1. The van der Waals surface area contributed by atoms with Gasteiger partial charge < -0.3 is 10.1 Å². The number of rotatable bonds is 2. The Kier molecular flexibility index (Phi) is 2.79. The molecule has 0 amide bonds. The molecule has 20 heavy (non-hydrogen) atoms. The quantitative estimate of drug-likeness (QED) is 0.739. The number of aryl methyl sites for hydroxylation is 1. The first kappa shape index (κ1) is 12.4. The van der Waals surface area contributed by atoms with Gasteiger partial charge in [0.25, 0.3) is 0 Å². The molecule has 0 aliphatic carbocycles. The monoisotopic (exact) mass is 269 g/mol. The Labute approximate surface area is 114 Å². The van der Waals surface area contributed by atoms with Crippen LogP contribution in [0.4, 0.5) is 4.39 Å². The molecule has 3 rings (SSSR count). The van der Waals surface area contributed by atoms with Crippen molar-refractivity contribution in [2.45, 2.75) is 6.92 Å². The topological polar surface area (TPSA) is 53.1 Å². The van der Waals surface area contributed by atoms with Crippen molar-refractivity contribution in [1.29, 1.82) is 0 Å². The van der Waals surface area contributed by atoms with Gasteiger partial charge in [0.15, 0.2) is 0 Å². The number of benzene rings is 2. The average Bonchev–Trinajstić information content (AvgIpc) is 2.81. The molecule has 0 fully saturated rings. The van der Waals surface area contributed by atoms with Crippen molar-refractivity contribution in [3.05, 3.63) is 59.5 Å². The Morgan fingerprint density at radius 1 is 1.20 bits per heavy atom. The zero-order valence-electron chi connectivity index (χ0n) is 10.8. The normalized spacial score (nSPS) is 10.9. The van der Waals surface area contributed by atoms with Crippen LogP contribution in [0.1, 0.15) is 15.9 Å². The predicted octanol–water partition coefficient (Wildman–Crippen LogP) is 3.98. The predicted molar refractivity (Wildman–Crippen MR) is 75.4 cm³/mol. The third kappa shape index (κ3) is 1.95. The highest BCUT2D eigenvalue weighted by molar-refractivity contribution is 6.04. The maximum atomic E-state index is 13.2. The van der Waals surface area contributed by atoms with Gasteiger partial charge in [-0.1, -0.05) is 12.1 Å². The Balaban J connectivity index is 2.21. The highest BCUT2D eigenvalue weighted by Crippen LogP contribution is 2.28. The van der Waals surface area contributed by atoms with E-state index in [1.165, 1.54) is 18.3 Å². The number of aromatic carboxylic acids is 1. The molecule has 0 aliphatic rings. The fourth-order valence-electron chi connectivity index (χ4n) is 2.42. The summed E-state index contributed by atoms with van der Waals surface area (Å²) in [6.07, 6.45) is 1.48. The van der Waals surface area contributed by atoms with Crippen LogP contribution in [-0.4, -0.2) is 16.1 Å². The van der Waals surface area contributed by atoms with Gasteiger partial charge >= 0.3 is 5.97 Å². The van der Waals surface area contributed by atoms with E-state index >= 15 is 0 Å². The summed E-state index contributed by atoms with van der Waals surface area (Å²) in [6.45, 7) is 1.83. The summed E-state index contributed by atoms with van der Waals surface area (Å²) in [7, 11) is 0. The van der Waals surface area contributed by atoms with Gasteiger partial charge in [0, 0.05) is 17.1 Å². The minimum absolute atomic E-state index is 0.238. The number of hydrogen-bond donors (Lipinski definition) is 2. The molecule has 0 saturated heterocycles. The van der Waals surface area contributed by atoms with E-state index in [9.17, 15) is 9.18 Å². The van der Waals surface area contributed by atoms with Crippen molar-refractivity contribution in [1.82, 2.24) is 4.98 Å². The number of carbonyl (C=O) groups is 1. The second kappa shape index (κ2) is 4.49. The Morgan fingerprint density at radius 2 is 2.00 bits per heavy atom. The van der Waals surface area contributed by atoms with Crippen molar-refractivity contribution < 1.29 is 14.3 Å². The number of aromatic amines is 1. The third-order valence-corrected chi connectivity index (χ3v) is 3.41. The SMILES string of the molecule is Cc1cc(F)ccc1-c1ccc2[nH]cc(C(=O)O)c2c1. The minimum atomic E-state index is -0.968. The van der Waals surface area contributed by atoms with Crippen LogP contribution in [0.25, 0.3) is 22.0 Å². The van der Waals surface area contributed by atoms with Gasteiger partial charge in [0.1, 0.15) is 5.82 Å². The number of halogens is 1. The summed E-state index contributed by atoms with van der Waals surface area (Å²) in [4.78, 5) is 14.1. The van der Waals surface area contributed by atoms with E-state index in [1.807, 2.05) is 25.1 Å². The van der Waals surface area contributed by atoms with E-state index in [0.29, 0.717) is 5.39 Å². The van der Waals surface area contributed by atoms with Crippen molar-refractivity contribution in [3.63, 3.8) is 0 Å². The highest BCUT2D eigenvalue weighted by Gasteiger charge is 2.12. The molecule has 100 valence electrons.